The highest BCUT2D eigenvalue weighted by atomic mass is 16.7. The first-order chi connectivity index (χ1) is 38.3. The standard InChI is InChI=1S/C69H137NO8/c1-3-5-7-9-11-13-15-17-19-21-22-23-24-25-26-27-28-29-30-31-32-33-34-35-36-37-38-39-40-41-42-43-45-47-49-51-53-55-57-59-65(73)70-62(61-77-69-68(76)67(75)66(74)64(60-71)78-69)63(72)58-56-54-52-50-48-46-44-20-18-16-14-12-10-8-6-4-2/h62-64,66-69,71-72,74-76H,3-61H2,1-2H3,(H,70,73). The fourth-order valence-corrected chi connectivity index (χ4v) is 11.9. The fourth-order valence-electron chi connectivity index (χ4n) is 11.9. The van der Waals surface area contributed by atoms with Crippen LogP contribution in [0.4, 0.5) is 0 Å². The number of nitrogens with one attached hydrogen (secondary N) is 1. The Bertz CT molecular complexity index is 1190. The molecule has 78 heavy (non-hydrogen) atoms. The van der Waals surface area contributed by atoms with Crippen LogP contribution in [0.25, 0.3) is 0 Å². The van der Waals surface area contributed by atoms with Gasteiger partial charge < -0.3 is 40.3 Å². The maximum absolute atomic E-state index is 13.1. The maximum Gasteiger partial charge on any atom is 0.220 e. The van der Waals surface area contributed by atoms with Crippen LogP contribution in [0, 0.1) is 0 Å². The first-order valence-corrected chi connectivity index (χ1v) is 35.2. The Kier molecular flexibility index (Phi) is 57.2. The van der Waals surface area contributed by atoms with Crippen LogP contribution in [0.3, 0.4) is 0 Å². The van der Waals surface area contributed by atoms with Gasteiger partial charge in [0.2, 0.25) is 5.91 Å². The summed E-state index contributed by atoms with van der Waals surface area (Å²) in [6, 6.07) is -0.714. The average molecular weight is 1110 g/mol. The van der Waals surface area contributed by atoms with Gasteiger partial charge in [0.25, 0.3) is 0 Å². The van der Waals surface area contributed by atoms with Crippen molar-refractivity contribution in [3.63, 3.8) is 0 Å². The number of hydrogen-bond donors (Lipinski definition) is 6. The van der Waals surface area contributed by atoms with Gasteiger partial charge in [-0.2, -0.15) is 0 Å². The lowest BCUT2D eigenvalue weighted by atomic mass is 9.99. The second-order valence-electron chi connectivity index (χ2n) is 25.0. The lowest BCUT2D eigenvalue weighted by Crippen LogP contribution is -2.60. The molecule has 7 atom stereocenters. The lowest BCUT2D eigenvalue weighted by Gasteiger charge is -2.40. The highest BCUT2D eigenvalue weighted by Crippen LogP contribution is 2.24. The van der Waals surface area contributed by atoms with Crippen molar-refractivity contribution in [2.75, 3.05) is 13.2 Å². The van der Waals surface area contributed by atoms with Crippen molar-refractivity contribution < 1.29 is 39.8 Å². The van der Waals surface area contributed by atoms with Gasteiger partial charge >= 0.3 is 0 Å². The minimum atomic E-state index is -1.55. The average Bonchev–Trinajstić information content (AvgIpc) is 3.45. The molecule has 0 spiro atoms. The van der Waals surface area contributed by atoms with E-state index in [1.165, 1.54) is 315 Å². The van der Waals surface area contributed by atoms with Crippen molar-refractivity contribution in [2.45, 2.75) is 423 Å². The molecule has 1 aliphatic heterocycles. The molecule has 0 bridgehead atoms. The summed E-state index contributed by atoms with van der Waals surface area (Å²) in [4.78, 5) is 13.1. The topological polar surface area (TPSA) is 149 Å². The summed E-state index contributed by atoms with van der Waals surface area (Å²) in [5, 5.41) is 54.8. The Morgan fingerprint density at radius 1 is 0.385 bits per heavy atom. The Labute approximate surface area is 484 Å². The highest BCUT2D eigenvalue weighted by Gasteiger charge is 2.44. The molecule has 1 aliphatic rings. The number of amides is 1. The van der Waals surface area contributed by atoms with Gasteiger partial charge in [-0.05, 0) is 12.8 Å². The van der Waals surface area contributed by atoms with Gasteiger partial charge in [0.1, 0.15) is 24.4 Å². The molecule has 1 fully saturated rings. The fraction of sp³-hybridized carbons (Fsp3) is 0.986. The van der Waals surface area contributed by atoms with Crippen LogP contribution in [-0.4, -0.2) is 87.5 Å². The summed E-state index contributed by atoms with van der Waals surface area (Å²) in [7, 11) is 0. The molecule has 0 aromatic rings. The quantitative estimate of drug-likeness (QED) is 0.0330. The van der Waals surface area contributed by atoms with Crippen LogP contribution >= 0.6 is 0 Å². The second-order valence-corrected chi connectivity index (χ2v) is 25.0. The van der Waals surface area contributed by atoms with E-state index >= 15 is 0 Å². The smallest absolute Gasteiger partial charge is 0.220 e. The molecule has 0 aromatic heterocycles. The summed E-state index contributed by atoms with van der Waals surface area (Å²) in [6.07, 6.45) is 67.7. The molecule has 9 nitrogen and oxygen atoms in total. The molecule has 6 N–H and O–H groups in total. The molecule has 466 valence electrons. The molecule has 1 saturated heterocycles. The van der Waals surface area contributed by atoms with Gasteiger partial charge in [-0.25, -0.2) is 0 Å². The summed E-state index contributed by atoms with van der Waals surface area (Å²) < 4.78 is 11.3. The van der Waals surface area contributed by atoms with E-state index in [-0.39, 0.29) is 12.5 Å². The summed E-state index contributed by atoms with van der Waals surface area (Å²) >= 11 is 0. The molecular formula is C69H137NO8. The number of aliphatic hydroxyl groups is 5. The molecule has 0 aromatic carbocycles. The van der Waals surface area contributed by atoms with E-state index in [0.717, 1.165) is 38.5 Å². The van der Waals surface area contributed by atoms with Crippen molar-refractivity contribution in [3.05, 3.63) is 0 Å². The Morgan fingerprint density at radius 2 is 0.641 bits per heavy atom. The summed E-state index contributed by atoms with van der Waals surface area (Å²) in [5.41, 5.74) is 0. The number of unbranched alkanes of at least 4 members (excludes halogenated alkanes) is 53. The van der Waals surface area contributed by atoms with Gasteiger partial charge in [0, 0.05) is 6.42 Å². The third-order valence-electron chi connectivity index (χ3n) is 17.5. The monoisotopic (exact) mass is 1110 g/mol. The maximum atomic E-state index is 13.1. The first kappa shape index (κ1) is 75.2. The van der Waals surface area contributed by atoms with Gasteiger partial charge in [0.15, 0.2) is 6.29 Å². The predicted molar refractivity (Wildman–Crippen MR) is 332 cm³/mol. The van der Waals surface area contributed by atoms with E-state index in [1.54, 1.807) is 0 Å². The number of hydrogen-bond acceptors (Lipinski definition) is 8. The zero-order valence-corrected chi connectivity index (χ0v) is 52.2. The largest absolute Gasteiger partial charge is 0.394 e. The molecule has 1 rings (SSSR count). The van der Waals surface area contributed by atoms with E-state index in [0.29, 0.717) is 12.8 Å². The van der Waals surface area contributed by atoms with E-state index in [4.69, 9.17) is 9.47 Å². The number of ether oxygens (including phenoxy) is 2. The Hall–Kier alpha value is -0.810. The molecule has 0 saturated carbocycles. The molecule has 0 aliphatic carbocycles. The lowest BCUT2D eigenvalue weighted by molar-refractivity contribution is -0.302. The third kappa shape index (κ3) is 47.7. The van der Waals surface area contributed by atoms with Crippen molar-refractivity contribution in [2.24, 2.45) is 0 Å². The van der Waals surface area contributed by atoms with Crippen LogP contribution in [-0.2, 0) is 14.3 Å². The molecule has 9 heteroatoms. The second kappa shape index (κ2) is 59.4. The van der Waals surface area contributed by atoms with Gasteiger partial charge in [-0.15, -0.1) is 0 Å². The van der Waals surface area contributed by atoms with Crippen LogP contribution < -0.4 is 5.32 Å². The van der Waals surface area contributed by atoms with E-state index < -0.39 is 49.5 Å². The normalized spacial score (nSPS) is 18.5. The summed E-state index contributed by atoms with van der Waals surface area (Å²) in [5.74, 6) is -0.134. The molecule has 1 heterocycles. The van der Waals surface area contributed by atoms with Crippen molar-refractivity contribution in [1.82, 2.24) is 5.32 Å². The van der Waals surface area contributed by atoms with Crippen molar-refractivity contribution >= 4 is 5.91 Å². The van der Waals surface area contributed by atoms with Crippen LogP contribution in [0.2, 0.25) is 0 Å². The van der Waals surface area contributed by atoms with Crippen LogP contribution in [0.5, 0.6) is 0 Å². The van der Waals surface area contributed by atoms with Crippen LogP contribution in [0.15, 0.2) is 0 Å². The van der Waals surface area contributed by atoms with E-state index in [1.807, 2.05) is 0 Å². The number of carbonyl (C=O) groups excluding carboxylic acids is 1. The van der Waals surface area contributed by atoms with Gasteiger partial charge in [-0.1, -0.05) is 361 Å². The van der Waals surface area contributed by atoms with E-state index in [9.17, 15) is 30.3 Å². The zero-order chi connectivity index (χ0) is 56.5. The molecule has 7 unspecified atom stereocenters. The molecule has 1 amide bonds. The van der Waals surface area contributed by atoms with Crippen molar-refractivity contribution in [1.29, 1.82) is 0 Å². The predicted octanol–water partition coefficient (Wildman–Crippen LogP) is 18.9. The summed E-state index contributed by atoms with van der Waals surface area (Å²) in [6.45, 7) is 3.90. The van der Waals surface area contributed by atoms with Crippen LogP contribution in [0.1, 0.15) is 380 Å². The number of aliphatic hydroxyl groups excluding tert-OH is 5. The SMILES string of the molecule is CCCCCCCCCCCCCCCCCCCCCCCCCCCCCCCCCCCCCCCCCC(=O)NC(COC1OC(CO)C(O)C(O)C1O)C(O)CCCCCCCCCCCCCCCCCC. The number of carbonyl (C=O) groups is 1. The minimum absolute atomic E-state index is 0.131. The first-order valence-electron chi connectivity index (χ1n) is 35.2. The molecular weight excluding hydrogens is 971 g/mol. The van der Waals surface area contributed by atoms with Crippen molar-refractivity contribution in [3.8, 4) is 0 Å². The third-order valence-corrected chi connectivity index (χ3v) is 17.5. The van der Waals surface area contributed by atoms with Gasteiger partial charge in [-0.3, -0.25) is 4.79 Å². The number of rotatable bonds is 63. The Balaban J connectivity index is 2.00. The van der Waals surface area contributed by atoms with Gasteiger partial charge in [0.05, 0.1) is 25.4 Å². The Morgan fingerprint density at radius 3 is 0.910 bits per heavy atom. The zero-order valence-electron chi connectivity index (χ0n) is 52.2. The minimum Gasteiger partial charge on any atom is -0.394 e. The molecule has 0 radical (unpaired) electrons. The van der Waals surface area contributed by atoms with E-state index in [2.05, 4.69) is 19.2 Å². The highest BCUT2D eigenvalue weighted by molar-refractivity contribution is 5.76.